The summed E-state index contributed by atoms with van der Waals surface area (Å²) >= 11 is 0. The Bertz CT molecular complexity index is 1330. The number of benzene rings is 1. The summed E-state index contributed by atoms with van der Waals surface area (Å²) in [5, 5.41) is 18.9. The Hall–Kier alpha value is -3.64. The molecule has 1 fully saturated rings. The number of aromatic nitrogens is 4. The third-order valence-corrected chi connectivity index (χ3v) is 7.24. The lowest BCUT2D eigenvalue weighted by Crippen LogP contribution is -2.35. The van der Waals surface area contributed by atoms with E-state index >= 15 is 0 Å². The first kappa shape index (κ1) is 20.9. The highest BCUT2D eigenvalue weighted by atomic mass is 16.5. The smallest absolute Gasteiger partial charge is 0.219 e. The fourth-order valence-corrected chi connectivity index (χ4v) is 5.50. The topological polar surface area (TPSA) is 92.2 Å². The van der Waals surface area contributed by atoms with Crippen molar-refractivity contribution in [3.05, 3.63) is 46.9 Å². The van der Waals surface area contributed by atoms with Crippen molar-refractivity contribution in [2.75, 3.05) is 31.2 Å². The largest absolute Gasteiger partial charge is 0.379 e. The number of fused-ring (bicyclic) bond motifs is 2. The van der Waals surface area contributed by atoms with Crippen molar-refractivity contribution in [2.45, 2.75) is 38.8 Å². The van der Waals surface area contributed by atoms with Crippen molar-refractivity contribution >= 4 is 17.4 Å². The maximum atomic E-state index is 12.2. The van der Waals surface area contributed by atoms with Crippen molar-refractivity contribution in [1.29, 1.82) is 5.26 Å². The molecule has 3 aromatic rings. The number of aryl methyl sites for hydroxylation is 1. The molecule has 1 unspecified atom stereocenters. The molecule has 2 aromatic heterocycles. The summed E-state index contributed by atoms with van der Waals surface area (Å²) < 4.78 is 9.52. The number of amides is 1. The highest BCUT2D eigenvalue weighted by Gasteiger charge is 2.34. The minimum absolute atomic E-state index is 0.102. The third kappa shape index (κ3) is 3.29. The van der Waals surface area contributed by atoms with E-state index in [0.717, 1.165) is 67.2 Å². The Morgan fingerprint density at radius 1 is 1.24 bits per heavy atom. The van der Waals surface area contributed by atoms with E-state index in [1.165, 1.54) is 11.3 Å². The number of nitrogens with zero attached hydrogens (tertiary/aromatic N) is 7. The molecule has 0 bridgehead atoms. The Morgan fingerprint density at radius 3 is 2.88 bits per heavy atom. The number of rotatable bonds is 3. The summed E-state index contributed by atoms with van der Waals surface area (Å²) in [6.45, 7) is 5.26. The first-order valence-corrected chi connectivity index (χ1v) is 11.8. The quantitative estimate of drug-likeness (QED) is 0.601. The predicted octanol–water partition coefficient (Wildman–Crippen LogP) is 2.72. The average Bonchev–Trinajstić information content (AvgIpc) is 3.62. The molecule has 5 heterocycles. The summed E-state index contributed by atoms with van der Waals surface area (Å²) in [5.41, 5.74) is 7.06. The first-order valence-electron chi connectivity index (χ1n) is 11.8. The van der Waals surface area contributed by atoms with Gasteiger partial charge in [-0.05, 0) is 36.1 Å². The normalized spacial score (nSPS) is 19.3. The molecule has 3 aliphatic heterocycles. The van der Waals surface area contributed by atoms with E-state index < -0.39 is 0 Å². The molecular weight excluding hydrogens is 430 g/mol. The molecule has 3 aliphatic rings. The van der Waals surface area contributed by atoms with Gasteiger partial charge in [-0.1, -0.05) is 6.07 Å². The Morgan fingerprint density at radius 2 is 2.12 bits per heavy atom. The fourth-order valence-electron chi connectivity index (χ4n) is 5.50. The van der Waals surface area contributed by atoms with Gasteiger partial charge in [0.2, 0.25) is 5.91 Å². The minimum Gasteiger partial charge on any atom is -0.379 e. The van der Waals surface area contributed by atoms with Crippen LogP contribution in [0.1, 0.15) is 41.9 Å². The number of carbonyl (C=O) groups excluding carboxylic acids is 1. The Kier molecular flexibility index (Phi) is 4.92. The second kappa shape index (κ2) is 7.99. The van der Waals surface area contributed by atoms with Crippen molar-refractivity contribution in [2.24, 2.45) is 7.05 Å². The Balaban J connectivity index is 1.40. The lowest BCUT2D eigenvalue weighted by molar-refractivity contribution is -0.129. The van der Waals surface area contributed by atoms with Crippen LogP contribution in [-0.4, -0.2) is 56.7 Å². The molecule has 34 heavy (non-hydrogen) atoms. The zero-order chi connectivity index (χ0) is 23.4. The molecule has 1 aromatic carbocycles. The van der Waals surface area contributed by atoms with E-state index in [1.54, 1.807) is 11.6 Å². The molecule has 0 N–H and O–H groups in total. The molecule has 174 valence electrons. The van der Waals surface area contributed by atoms with Crippen LogP contribution in [0.5, 0.6) is 0 Å². The van der Waals surface area contributed by atoms with Gasteiger partial charge in [0.25, 0.3) is 0 Å². The van der Waals surface area contributed by atoms with Crippen molar-refractivity contribution in [3.8, 4) is 17.2 Å². The van der Waals surface area contributed by atoms with Crippen LogP contribution in [0.4, 0.5) is 11.5 Å². The highest BCUT2D eigenvalue weighted by Crippen LogP contribution is 2.41. The molecule has 0 spiro atoms. The number of hydrogen-bond acceptors (Lipinski definition) is 6. The van der Waals surface area contributed by atoms with E-state index in [9.17, 15) is 10.1 Å². The zero-order valence-corrected chi connectivity index (χ0v) is 19.5. The van der Waals surface area contributed by atoms with Crippen LogP contribution >= 0.6 is 0 Å². The van der Waals surface area contributed by atoms with E-state index in [-0.39, 0.29) is 11.9 Å². The highest BCUT2D eigenvalue weighted by molar-refractivity contribution is 5.78. The maximum Gasteiger partial charge on any atom is 0.219 e. The van der Waals surface area contributed by atoms with E-state index in [1.807, 2.05) is 18.1 Å². The van der Waals surface area contributed by atoms with Crippen LogP contribution in [0.3, 0.4) is 0 Å². The van der Waals surface area contributed by atoms with Gasteiger partial charge in [0.05, 0.1) is 19.2 Å². The first-order chi connectivity index (χ1) is 16.5. The van der Waals surface area contributed by atoms with E-state index in [4.69, 9.17) is 9.84 Å². The zero-order valence-electron chi connectivity index (χ0n) is 19.5. The van der Waals surface area contributed by atoms with Gasteiger partial charge in [-0.25, -0.2) is 0 Å². The lowest BCUT2D eigenvalue weighted by atomic mass is 10.0. The van der Waals surface area contributed by atoms with Crippen LogP contribution < -0.4 is 4.90 Å². The third-order valence-electron chi connectivity index (χ3n) is 7.24. The van der Waals surface area contributed by atoms with Gasteiger partial charge in [-0.15, -0.1) is 0 Å². The summed E-state index contributed by atoms with van der Waals surface area (Å²) in [6.07, 6.45) is 4.58. The van der Waals surface area contributed by atoms with Gasteiger partial charge in [0.1, 0.15) is 6.07 Å². The second-order valence-corrected chi connectivity index (χ2v) is 9.32. The molecule has 1 saturated heterocycles. The fraction of sp³-hybridized carbons (Fsp3) is 0.440. The van der Waals surface area contributed by atoms with Crippen molar-refractivity contribution in [3.63, 3.8) is 0 Å². The molecule has 1 atom stereocenters. The molecule has 0 radical (unpaired) electrons. The number of anilines is 2. The molecule has 0 aliphatic carbocycles. The van der Waals surface area contributed by atoms with Crippen LogP contribution in [-0.2, 0) is 36.0 Å². The number of nitriles is 1. The lowest BCUT2D eigenvalue weighted by Gasteiger charge is -2.28. The summed E-state index contributed by atoms with van der Waals surface area (Å²) in [4.78, 5) is 16.4. The van der Waals surface area contributed by atoms with Crippen LogP contribution in [0.15, 0.2) is 24.4 Å². The van der Waals surface area contributed by atoms with Crippen molar-refractivity contribution in [1.82, 2.24) is 24.5 Å². The summed E-state index contributed by atoms with van der Waals surface area (Å²) in [7, 11) is 1.83. The molecule has 9 heteroatoms. The monoisotopic (exact) mass is 457 g/mol. The van der Waals surface area contributed by atoms with Crippen LogP contribution in [0.25, 0.3) is 11.1 Å². The average molecular weight is 458 g/mol. The standard InChI is InChI=1S/C25H27N7O2/c1-16(33)30-8-6-24-21(14-30)25(28-32(24)19-7-10-34-15-19)31-9-5-18-11-17(3-4-23(18)31)20-13-29(2)27-22(20)12-26/h3-4,11,13,19H,5-10,14-15H2,1-2H3. The maximum absolute atomic E-state index is 12.2. The SMILES string of the molecule is CC(=O)N1CCc2c(c(N3CCc4cc(-c5cn(C)nc5C#N)ccc43)nn2C2CCOC2)C1. The van der Waals surface area contributed by atoms with Gasteiger partial charge in [0, 0.05) is 68.8 Å². The van der Waals surface area contributed by atoms with Crippen molar-refractivity contribution < 1.29 is 9.53 Å². The van der Waals surface area contributed by atoms with Gasteiger partial charge in [-0.3, -0.25) is 14.2 Å². The Labute approximate surface area is 198 Å². The van der Waals surface area contributed by atoms with Crippen LogP contribution in [0.2, 0.25) is 0 Å². The summed E-state index contributed by atoms with van der Waals surface area (Å²) in [5.74, 6) is 1.06. The van der Waals surface area contributed by atoms with E-state index in [0.29, 0.717) is 18.8 Å². The number of hydrogen-bond donors (Lipinski definition) is 0. The van der Waals surface area contributed by atoms with Crippen LogP contribution in [0, 0.1) is 11.3 Å². The molecule has 6 rings (SSSR count). The molecule has 1 amide bonds. The second-order valence-electron chi connectivity index (χ2n) is 9.32. The predicted molar refractivity (Wildman–Crippen MR) is 126 cm³/mol. The van der Waals surface area contributed by atoms with E-state index in [2.05, 4.69) is 38.9 Å². The van der Waals surface area contributed by atoms with Gasteiger partial charge in [0.15, 0.2) is 11.5 Å². The van der Waals surface area contributed by atoms with Gasteiger partial charge >= 0.3 is 0 Å². The molecule has 9 nitrogen and oxygen atoms in total. The minimum atomic E-state index is 0.102. The number of ether oxygens (including phenoxy) is 1. The van der Waals surface area contributed by atoms with Gasteiger partial charge in [-0.2, -0.15) is 15.5 Å². The molecule has 0 saturated carbocycles. The van der Waals surface area contributed by atoms with Gasteiger partial charge < -0.3 is 14.5 Å². The summed E-state index contributed by atoms with van der Waals surface area (Å²) in [6, 6.07) is 8.81. The molecular formula is C25H27N7O2. The number of carbonyl (C=O) groups is 1.